The standard InChI is InChI=1S/C9H12N4O2/c1-15-9(14)13-3-2-6-4-11-8(10)12-7(6)5-13/h4H,2-3,5H2,1H3,(H2,10,11,12). The molecule has 15 heavy (non-hydrogen) atoms. The number of fused-ring (bicyclic) bond motifs is 1. The molecule has 2 rings (SSSR count). The molecule has 1 aromatic heterocycles. The molecule has 6 nitrogen and oxygen atoms in total. The molecule has 0 aliphatic carbocycles. The van der Waals surface area contributed by atoms with Crippen molar-refractivity contribution in [2.45, 2.75) is 13.0 Å². The van der Waals surface area contributed by atoms with Crippen molar-refractivity contribution >= 4 is 12.0 Å². The number of nitrogens with zero attached hydrogens (tertiary/aromatic N) is 3. The van der Waals surface area contributed by atoms with Crippen LogP contribution in [-0.4, -0.2) is 34.6 Å². The first-order valence-electron chi connectivity index (χ1n) is 4.64. The summed E-state index contributed by atoms with van der Waals surface area (Å²) in [5.74, 6) is 0.237. The molecule has 0 aromatic carbocycles. The van der Waals surface area contributed by atoms with Crippen LogP contribution in [0.25, 0.3) is 0 Å². The molecular formula is C9H12N4O2. The number of anilines is 1. The fourth-order valence-corrected chi connectivity index (χ4v) is 1.60. The highest BCUT2D eigenvalue weighted by molar-refractivity contribution is 5.67. The molecule has 80 valence electrons. The summed E-state index contributed by atoms with van der Waals surface area (Å²) in [5, 5.41) is 0. The second-order valence-corrected chi connectivity index (χ2v) is 3.34. The molecule has 1 amide bonds. The van der Waals surface area contributed by atoms with Gasteiger partial charge in [-0.05, 0) is 12.0 Å². The lowest BCUT2D eigenvalue weighted by Gasteiger charge is -2.26. The van der Waals surface area contributed by atoms with Gasteiger partial charge in [-0.3, -0.25) is 0 Å². The average molecular weight is 208 g/mol. The van der Waals surface area contributed by atoms with Crippen LogP contribution in [0.2, 0.25) is 0 Å². The minimum absolute atomic E-state index is 0.237. The maximum absolute atomic E-state index is 11.3. The second kappa shape index (κ2) is 3.72. The summed E-state index contributed by atoms with van der Waals surface area (Å²) in [5.41, 5.74) is 7.33. The predicted molar refractivity (Wildman–Crippen MR) is 53.0 cm³/mol. The van der Waals surface area contributed by atoms with Crippen molar-refractivity contribution in [2.75, 3.05) is 19.4 Å². The van der Waals surface area contributed by atoms with E-state index in [2.05, 4.69) is 14.7 Å². The SMILES string of the molecule is COC(=O)N1CCc2cnc(N)nc2C1. The number of nitrogen functional groups attached to an aromatic ring is 1. The Kier molecular flexibility index (Phi) is 2.40. The first-order chi connectivity index (χ1) is 7.20. The monoisotopic (exact) mass is 208 g/mol. The lowest BCUT2D eigenvalue weighted by Crippen LogP contribution is -2.36. The summed E-state index contributed by atoms with van der Waals surface area (Å²) in [7, 11) is 1.37. The van der Waals surface area contributed by atoms with E-state index in [4.69, 9.17) is 5.73 Å². The zero-order valence-corrected chi connectivity index (χ0v) is 8.43. The number of rotatable bonds is 0. The molecule has 0 unspecified atom stereocenters. The molecule has 0 fully saturated rings. The highest BCUT2D eigenvalue weighted by Gasteiger charge is 2.22. The lowest BCUT2D eigenvalue weighted by atomic mass is 10.1. The molecule has 1 aromatic rings. The van der Waals surface area contributed by atoms with E-state index in [1.807, 2.05) is 0 Å². The van der Waals surface area contributed by atoms with Crippen LogP contribution in [0.5, 0.6) is 0 Å². The van der Waals surface area contributed by atoms with E-state index in [0.717, 1.165) is 17.7 Å². The zero-order valence-electron chi connectivity index (χ0n) is 8.43. The van der Waals surface area contributed by atoms with Gasteiger partial charge in [-0.1, -0.05) is 0 Å². The van der Waals surface area contributed by atoms with Crippen LogP contribution < -0.4 is 5.73 Å². The third-order valence-electron chi connectivity index (χ3n) is 2.40. The number of carbonyl (C=O) groups excluding carboxylic acids is 1. The van der Waals surface area contributed by atoms with Gasteiger partial charge < -0.3 is 15.4 Å². The summed E-state index contributed by atoms with van der Waals surface area (Å²) in [4.78, 5) is 20.9. The van der Waals surface area contributed by atoms with Crippen LogP contribution >= 0.6 is 0 Å². The van der Waals surface area contributed by atoms with Crippen molar-refractivity contribution in [2.24, 2.45) is 0 Å². The van der Waals surface area contributed by atoms with E-state index in [-0.39, 0.29) is 12.0 Å². The van der Waals surface area contributed by atoms with Crippen molar-refractivity contribution < 1.29 is 9.53 Å². The third-order valence-corrected chi connectivity index (χ3v) is 2.40. The van der Waals surface area contributed by atoms with Crippen LogP contribution in [0.1, 0.15) is 11.3 Å². The van der Waals surface area contributed by atoms with Crippen molar-refractivity contribution in [1.82, 2.24) is 14.9 Å². The molecule has 0 saturated carbocycles. The molecule has 0 atom stereocenters. The fourth-order valence-electron chi connectivity index (χ4n) is 1.60. The average Bonchev–Trinajstić information content (AvgIpc) is 2.27. The summed E-state index contributed by atoms with van der Waals surface area (Å²) in [6, 6.07) is 0. The van der Waals surface area contributed by atoms with Gasteiger partial charge in [0.05, 0.1) is 19.3 Å². The van der Waals surface area contributed by atoms with Gasteiger partial charge in [0.25, 0.3) is 0 Å². The van der Waals surface area contributed by atoms with Gasteiger partial charge in [0.15, 0.2) is 0 Å². The van der Waals surface area contributed by atoms with E-state index in [1.165, 1.54) is 7.11 Å². The quantitative estimate of drug-likeness (QED) is 0.657. The van der Waals surface area contributed by atoms with Crippen molar-refractivity contribution in [3.05, 3.63) is 17.5 Å². The largest absolute Gasteiger partial charge is 0.453 e. The number of ether oxygens (including phenoxy) is 1. The number of hydrogen-bond acceptors (Lipinski definition) is 5. The topological polar surface area (TPSA) is 81.3 Å². The van der Waals surface area contributed by atoms with Gasteiger partial charge in [0, 0.05) is 12.7 Å². The van der Waals surface area contributed by atoms with Gasteiger partial charge in [0.1, 0.15) is 0 Å². The normalized spacial score (nSPS) is 14.6. The summed E-state index contributed by atoms with van der Waals surface area (Å²) in [6.45, 7) is 1.07. The van der Waals surface area contributed by atoms with Crippen molar-refractivity contribution in [1.29, 1.82) is 0 Å². The maximum atomic E-state index is 11.3. The van der Waals surface area contributed by atoms with Gasteiger partial charge in [-0.25, -0.2) is 14.8 Å². The highest BCUT2D eigenvalue weighted by atomic mass is 16.5. The van der Waals surface area contributed by atoms with E-state index in [1.54, 1.807) is 11.1 Å². The fraction of sp³-hybridized carbons (Fsp3) is 0.444. The number of nitrogens with two attached hydrogens (primary N) is 1. The Hall–Kier alpha value is -1.85. The Morgan fingerprint density at radius 1 is 1.67 bits per heavy atom. The minimum Gasteiger partial charge on any atom is -0.453 e. The Morgan fingerprint density at radius 3 is 3.20 bits per heavy atom. The van der Waals surface area contributed by atoms with Crippen LogP contribution in [0.3, 0.4) is 0 Å². The molecule has 0 bridgehead atoms. The van der Waals surface area contributed by atoms with Crippen LogP contribution in [0, 0.1) is 0 Å². The van der Waals surface area contributed by atoms with Gasteiger partial charge >= 0.3 is 6.09 Å². The van der Waals surface area contributed by atoms with Crippen LogP contribution in [-0.2, 0) is 17.7 Å². The molecule has 0 saturated heterocycles. The van der Waals surface area contributed by atoms with Gasteiger partial charge in [-0.2, -0.15) is 0 Å². The van der Waals surface area contributed by atoms with Crippen LogP contribution in [0.4, 0.5) is 10.7 Å². The second-order valence-electron chi connectivity index (χ2n) is 3.34. The predicted octanol–water partition coefficient (Wildman–Crippen LogP) is 0.183. The maximum Gasteiger partial charge on any atom is 0.409 e. The Balaban J connectivity index is 2.22. The number of methoxy groups -OCH3 is 1. The van der Waals surface area contributed by atoms with Crippen LogP contribution in [0.15, 0.2) is 6.20 Å². The Bertz CT molecular complexity index is 394. The molecule has 6 heteroatoms. The number of amides is 1. The molecular weight excluding hydrogens is 196 g/mol. The van der Waals surface area contributed by atoms with Crippen molar-refractivity contribution in [3.63, 3.8) is 0 Å². The van der Waals surface area contributed by atoms with E-state index in [0.29, 0.717) is 13.1 Å². The lowest BCUT2D eigenvalue weighted by molar-refractivity contribution is 0.118. The smallest absolute Gasteiger partial charge is 0.409 e. The van der Waals surface area contributed by atoms with Crippen molar-refractivity contribution in [3.8, 4) is 0 Å². The Labute approximate surface area is 87.1 Å². The van der Waals surface area contributed by atoms with E-state index < -0.39 is 0 Å². The molecule has 2 N–H and O–H groups in total. The molecule has 0 spiro atoms. The first-order valence-corrected chi connectivity index (χ1v) is 4.64. The summed E-state index contributed by atoms with van der Waals surface area (Å²) >= 11 is 0. The number of carbonyl (C=O) groups is 1. The highest BCUT2D eigenvalue weighted by Crippen LogP contribution is 2.17. The van der Waals surface area contributed by atoms with Gasteiger partial charge in [0.2, 0.25) is 5.95 Å². The third kappa shape index (κ3) is 1.83. The minimum atomic E-state index is -0.335. The van der Waals surface area contributed by atoms with Gasteiger partial charge in [-0.15, -0.1) is 0 Å². The molecule has 0 radical (unpaired) electrons. The molecule has 2 heterocycles. The summed E-state index contributed by atoms with van der Waals surface area (Å²) < 4.78 is 4.65. The summed E-state index contributed by atoms with van der Waals surface area (Å²) in [6.07, 6.45) is 2.12. The molecule has 1 aliphatic rings. The Morgan fingerprint density at radius 2 is 2.47 bits per heavy atom. The first kappa shape index (κ1) is 9.70. The zero-order chi connectivity index (χ0) is 10.8. The number of hydrogen-bond donors (Lipinski definition) is 1. The van der Waals surface area contributed by atoms with E-state index in [9.17, 15) is 4.79 Å². The number of aromatic nitrogens is 2. The van der Waals surface area contributed by atoms with E-state index >= 15 is 0 Å². The molecule has 1 aliphatic heterocycles.